The zero-order valence-corrected chi connectivity index (χ0v) is 19.3. The highest BCUT2D eigenvalue weighted by atomic mass is 32.1. The number of nitrogens with one attached hydrogen (secondary N) is 1. The van der Waals surface area contributed by atoms with E-state index in [0.29, 0.717) is 38.8 Å². The van der Waals surface area contributed by atoms with Crippen LogP contribution in [0.15, 0.2) is 36.4 Å². The number of aryl methyl sites for hydroxylation is 1. The van der Waals surface area contributed by atoms with Crippen molar-refractivity contribution >= 4 is 49.4 Å². The van der Waals surface area contributed by atoms with E-state index in [4.69, 9.17) is 0 Å². The summed E-state index contributed by atoms with van der Waals surface area (Å²) in [6, 6.07) is 8.93. The molecule has 0 saturated carbocycles. The van der Waals surface area contributed by atoms with E-state index in [0.717, 1.165) is 48.4 Å². The molecule has 2 aromatic heterocycles. The van der Waals surface area contributed by atoms with Gasteiger partial charge in [-0.2, -0.15) is 13.2 Å². The predicted molar refractivity (Wildman–Crippen MR) is 125 cm³/mol. The van der Waals surface area contributed by atoms with Crippen LogP contribution in [0.2, 0.25) is 0 Å². The van der Waals surface area contributed by atoms with Crippen LogP contribution in [-0.2, 0) is 13.2 Å². The van der Waals surface area contributed by atoms with E-state index in [2.05, 4.69) is 20.2 Å². The molecule has 0 amide bonds. The predicted octanol–water partition coefficient (Wildman–Crippen LogP) is 5.86. The van der Waals surface area contributed by atoms with Crippen molar-refractivity contribution in [2.24, 2.45) is 7.05 Å². The van der Waals surface area contributed by atoms with Gasteiger partial charge in [0.05, 0.1) is 26.8 Å². The Labute approximate surface area is 193 Å². The maximum atomic E-state index is 13.0. The fourth-order valence-electron chi connectivity index (χ4n) is 3.59. The number of fused-ring (bicyclic) bond motifs is 2. The van der Waals surface area contributed by atoms with Crippen molar-refractivity contribution in [3.63, 3.8) is 0 Å². The van der Waals surface area contributed by atoms with E-state index in [1.807, 2.05) is 31.8 Å². The van der Waals surface area contributed by atoms with Crippen LogP contribution in [0.1, 0.15) is 35.2 Å². The lowest BCUT2D eigenvalue weighted by molar-refractivity contribution is -0.137. The molecule has 0 aliphatic rings. The molecule has 6 nitrogen and oxygen atoms in total. The number of alkyl halides is 3. The minimum absolute atomic E-state index is 0.0856. The minimum atomic E-state index is -4.40. The Bertz CT molecular complexity index is 1310. The lowest BCUT2D eigenvalue weighted by Crippen LogP contribution is -2.13. The molecule has 0 unspecified atom stereocenters. The maximum absolute atomic E-state index is 13.0. The summed E-state index contributed by atoms with van der Waals surface area (Å²) in [5.41, 5.74) is 1.90. The molecule has 0 aliphatic heterocycles. The van der Waals surface area contributed by atoms with Crippen LogP contribution in [-0.4, -0.2) is 45.9 Å². The summed E-state index contributed by atoms with van der Waals surface area (Å²) >= 11 is 1.13. The fourth-order valence-corrected chi connectivity index (χ4v) is 4.49. The van der Waals surface area contributed by atoms with Gasteiger partial charge >= 0.3 is 6.18 Å². The van der Waals surface area contributed by atoms with Crippen molar-refractivity contribution < 1.29 is 18.0 Å². The fraction of sp³-hybridized carbons (Fsp3) is 0.348. The summed E-state index contributed by atoms with van der Waals surface area (Å²) in [7, 11) is 5.85. The second-order valence-corrected chi connectivity index (χ2v) is 9.24. The quantitative estimate of drug-likeness (QED) is 0.255. The first kappa shape index (κ1) is 23.2. The zero-order chi connectivity index (χ0) is 23.8. The molecule has 0 fully saturated rings. The molecule has 0 bridgehead atoms. The first-order valence-electron chi connectivity index (χ1n) is 10.5. The van der Waals surface area contributed by atoms with Gasteiger partial charge in [0.1, 0.15) is 0 Å². The standard InChI is InChI=1S/C23H24F3N5OS/c1-30(2)11-5-4-6-19(32)14-7-10-18-17(12-14)27-21(31(18)3)29-22-28-16-9-8-15(23(24,25)26)13-20(16)33-22/h7-10,12-13H,4-6,11H2,1-3H3,(H,27,28,29). The first-order valence-corrected chi connectivity index (χ1v) is 11.3. The number of hydrogen-bond acceptors (Lipinski definition) is 6. The molecule has 0 spiro atoms. The third-order valence-electron chi connectivity index (χ3n) is 5.40. The molecule has 174 valence electrons. The van der Waals surface area contributed by atoms with E-state index in [1.54, 1.807) is 12.1 Å². The second-order valence-electron chi connectivity index (χ2n) is 8.21. The zero-order valence-electron chi connectivity index (χ0n) is 18.5. The number of ketones is 1. The Morgan fingerprint density at radius 2 is 1.88 bits per heavy atom. The lowest BCUT2D eigenvalue weighted by atomic mass is 10.0. The number of halogens is 3. The highest BCUT2D eigenvalue weighted by molar-refractivity contribution is 7.22. The number of carbonyl (C=O) groups excluding carboxylic acids is 1. The second kappa shape index (κ2) is 9.11. The van der Waals surface area contributed by atoms with E-state index in [-0.39, 0.29) is 5.78 Å². The van der Waals surface area contributed by atoms with Gasteiger partial charge in [-0.25, -0.2) is 9.97 Å². The first-order chi connectivity index (χ1) is 15.6. The summed E-state index contributed by atoms with van der Waals surface area (Å²) in [4.78, 5) is 23.6. The monoisotopic (exact) mass is 475 g/mol. The van der Waals surface area contributed by atoms with Gasteiger partial charge in [0.2, 0.25) is 5.95 Å². The van der Waals surface area contributed by atoms with Gasteiger partial charge in [-0.3, -0.25) is 4.79 Å². The molecule has 0 radical (unpaired) electrons. The molecule has 4 aromatic rings. The molecule has 4 rings (SSSR count). The minimum Gasteiger partial charge on any atom is -0.313 e. The molecule has 10 heteroatoms. The number of hydrogen-bond donors (Lipinski definition) is 1. The number of thiazole rings is 1. The van der Waals surface area contributed by atoms with Gasteiger partial charge in [-0.1, -0.05) is 11.3 Å². The van der Waals surface area contributed by atoms with Gasteiger partial charge in [-0.15, -0.1) is 0 Å². The third kappa shape index (κ3) is 5.17. The van der Waals surface area contributed by atoms with E-state index < -0.39 is 11.7 Å². The maximum Gasteiger partial charge on any atom is 0.416 e. The van der Waals surface area contributed by atoms with Crippen LogP contribution in [0.25, 0.3) is 21.3 Å². The number of benzene rings is 2. The normalized spacial score (nSPS) is 12.2. The lowest BCUT2D eigenvalue weighted by Gasteiger charge is -2.08. The molecule has 0 saturated heterocycles. The number of Topliss-reactive ketones (excluding diaryl/α,β-unsaturated/α-hetero) is 1. The van der Waals surface area contributed by atoms with Crippen molar-refractivity contribution in [3.05, 3.63) is 47.5 Å². The summed E-state index contributed by atoms with van der Waals surface area (Å²) in [5, 5.41) is 3.54. The average Bonchev–Trinajstić information content (AvgIpc) is 3.29. The number of rotatable bonds is 8. The molecule has 0 aliphatic carbocycles. The number of anilines is 2. The van der Waals surface area contributed by atoms with Gasteiger partial charge < -0.3 is 14.8 Å². The van der Waals surface area contributed by atoms with Crippen molar-refractivity contribution in [3.8, 4) is 0 Å². The number of unbranched alkanes of at least 4 members (excludes halogenated alkanes) is 1. The van der Waals surface area contributed by atoms with Crippen molar-refractivity contribution in [2.75, 3.05) is 26.0 Å². The van der Waals surface area contributed by atoms with Gasteiger partial charge in [0.25, 0.3) is 0 Å². The summed E-state index contributed by atoms with van der Waals surface area (Å²) in [5.74, 6) is 0.582. The largest absolute Gasteiger partial charge is 0.416 e. The average molecular weight is 476 g/mol. The van der Waals surface area contributed by atoms with Crippen LogP contribution in [0.3, 0.4) is 0 Å². The molecule has 33 heavy (non-hydrogen) atoms. The van der Waals surface area contributed by atoms with Crippen LogP contribution < -0.4 is 5.32 Å². The molecule has 1 N–H and O–H groups in total. The van der Waals surface area contributed by atoms with Crippen LogP contribution >= 0.6 is 11.3 Å². The Kier molecular flexibility index (Phi) is 6.40. The Morgan fingerprint density at radius 3 is 2.61 bits per heavy atom. The van der Waals surface area contributed by atoms with Crippen molar-refractivity contribution in [1.29, 1.82) is 0 Å². The molecular formula is C23H24F3N5OS. The molecular weight excluding hydrogens is 451 g/mol. The van der Waals surface area contributed by atoms with Gasteiger partial charge in [0, 0.05) is 19.0 Å². The SMILES string of the molecule is CN(C)CCCCC(=O)c1ccc2c(c1)nc(Nc1nc3ccc(C(F)(F)F)cc3s1)n2C. The Morgan fingerprint density at radius 1 is 1.09 bits per heavy atom. The van der Waals surface area contributed by atoms with E-state index >= 15 is 0 Å². The van der Waals surface area contributed by atoms with E-state index in [1.165, 1.54) is 6.07 Å². The van der Waals surface area contributed by atoms with E-state index in [9.17, 15) is 18.0 Å². The number of carbonyl (C=O) groups is 1. The molecule has 2 heterocycles. The van der Waals surface area contributed by atoms with Gasteiger partial charge in [0.15, 0.2) is 10.9 Å². The summed E-state index contributed by atoms with van der Waals surface area (Å²) in [6.45, 7) is 0.949. The smallest absolute Gasteiger partial charge is 0.313 e. The summed E-state index contributed by atoms with van der Waals surface area (Å²) in [6.07, 6.45) is -2.11. The van der Waals surface area contributed by atoms with Crippen LogP contribution in [0.4, 0.5) is 24.3 Å². The molecule has 0 atom stereocenters. The topological polar surface area (TPSA) is 63.1 Å². The van der Waals surface area contributed by atoms with Gasteiger partial charge in [-0.05, 0) is 69.9 Å². The van der Waals surface area contributed by atoms with Crippen LogP contribution in [0, 0.1) is 0 Å². The summed E-state index contributed by atoms with van der Waals surface area (Å²) < 4.78 is 41.2. The number of aromatic nitrogens is 3. The Hall–Kier alpha value is -2.98. The number of imidazole rings is 1. The third-order valence-corrected chi connectivity index (χ3v) is 6.33. The number of nitrogens with zero attached hydrogens (tertiary/aromatic N) is 4. The molecule has 2 aromatic carbocycles. The van der Waals surface area contributed by atoms with Crippen LogP contribution in [0.5, 0.6) is 0 Å². The highest BCUT2D eigenvalue weighted by Crippen LogP contribution is 2.35. The highest BCUT2D eigenvalue weighted by Gasteiger charge is 2.30. The Balaban J connectivity index is 1.52. The van der Waals surface area contributed by atoms with Crippen molar-refractivity contribution in [2.45, 2.75) is 25.4 Å². The van der Waals surface area contributed by atoms with Crippen molar-refractivity contribution in [1.82, 2.24) is 19.4 Å².